The van der Waals surface area contributed by atoms with Crippen molar-refractivity contribution < 1.29 is 0 Å². The van der Waals surface area contributed by atoms with Gasteiger partial charge in [0.15, 0.2) is 0 Å². The van der Waals surface area contributed by atoms with Gasteiger partial charge < -0.3 is 10.2 Å². The Morgan fingerprint density at radius 2 is 2.35 bits per heavy atom. The lowest BCUT2D eigenvalue weighted by molar-refractivity contribution is 0.399. The molecular formula is C14H19N3. The molecule has 1 atom stereocenters. The number of nitrogens with one attached hydrogen (secondary N) is 1. The maximum absolute atomic E-state index is 9.08. The summed E-state index contributed by atoms with van der Waals surface area (Å²) in [5, 5.41) is 12.5. The molecule has 0 spiro atoms. The Labute approximate surface area is 103 Å². The molecule has 0 saturated carbocycles. The lowest BCUT2D eigenvalue weighted by Gasteiger charge is -2.13. The van der Waals surface area contributed by atoms with Gasteiger partial charge in [-0.05, 0) is 50.6 Å². The SMILES string of the molecule is Cc1ccc(NCC2CCN(C)C2)c(C#N)c1. The zero-order valence-corrected chi connectivity index (χ0v) is 10.5. The predicted octanol–water partition coefficient (Wildman–Crippen LogP) is 2.23. The van der Waals surface area contributed by atoms with Crippen LogP contribution in [0.3, 0.4) is 0 Å². The summed E-state index contributed by atoms with van der Waals surface area (Å²) >= 11 is 0. The zero-order valence-electron chi connectivity index (χ0n) is 10.5. The molecule has 0 aromatic heterocycles. The molecule has 2 rings (SSSR count). The first kappa shape index (κ1) is 11.9. The van der Waals surface area contributed by atoms with Gasteiger partial charge in [0.05, 0.1) is 11.3 Å². The predicted molar refractivity (Wildman–Crippen MR) is 70.0 cm³/mol. The number of hydrogen-bond donors (Lipinski definition) is 1. The van der Waals surface area contributed by atoms with Crippen LogP contribution in [0, 0.1) is 24.2 Å². The van der Waals surface area contributed by atoms with Crippen LogP contribution in [0.15, 0.2) is 18.2 Å². The van der Waals surface area contributed by atoms with Gasteiger partial charge in [-0.25, -0.2) is 0 Å². The molecule has 1 aromatic carbocycles. The van der Waals surface area contributed by atoms with Crippen molar-refractivity contribution in [1.29, 1.82) is 5.26 Å². The van der Waals surface area contributed by atoms with E-state index in [0.29, 0.717) is 5.92 Å². The highest BCUT2D eigenvalue weighted by Crippen LogP contribution is 2.19. The van der Waals surface area contributed by atoms with E-state index in [9.17, 15) is 0 Å². The lowest BCUT2D eigenvalue weighted by Crippen LogP contribution is -2.19. The van der Waals surface area contributed by atoms with Gasteiger partial charge in [-0.1, -0.05) is 6.07 Å². The number of aryl methyl sites for hydroxylation is 1. The monoisotopic (exact) mass is 229 g/mol. The Morgan fingerprint density at radius 1 is 1.53 bits per heavy atom. The molecule has 1 aliphatic heterocycles. The number of nitrogens with zero attached hydrogens (tertiary/aromatic N) is 2. The van der Waals surface area contributed by atoms with E-state index in [4.69, 9.17) is 5.26 Å². The molecule has 1 aromatic rings. The van der Waals surface area contributed by atoms with Crippen molar-refractivity contribution in [2.45, 2.75) is 13.3 Å². The van der Waals surface area contributed by atoms with Crippen LogP contribution >= 0.6 is 0 Å². The third kappa shape index (κ3) is 2.98. The summed E-state index contributed by atoms with van der Waals surface area (Å²) in [7, 11) is 2.16. The minimum absolute atomic E-state index is 0.702. The summed E-state index contributed by atoms with van der Waals surface area (Å²) < 4.78 is 0. The standard InChI is InChI=1S/C14H19N3/c1-11-3-4-14(13(7-11)8-15)16-9-12-5-6-17(2)10-12/h3-4,7,12,16H,5-6,9-10H2,1-2H3. The van der Waals surface area contributed by atoms with Gasteiger partial charge in [0.1, 0.15) is 6.07 Å². The van der Waals surface area contributed by atoms with E-state index in [0.717, 1.165) is 29.9 Å². The number of likely N-dealkylation sites (tertiary alicyclic amines) is 1. The quantitative estimate of drug-likeness (QED) is 0.864. The van der Waals surface area contributed by atoms with Crippen LogP contribution in [0.25, 0.3) is 0 Å². The molecule has 1 unspecified atom stereocenters. The summed E-state index contributed by atoms with van der Waals surface area (Å²) in [6, 6.07) is 8.23. The Balaban J connectivity index is 1.97. The summed E-state index contributed by atoms with van der Waals surface area (Å²) in [6.45, 7) is 5.31. The molecule has 1 heterocycles. The van der Waals surface area contributed by atoms with Crippen molar-refractivity contribution in [3.05, 3.63) is 29.3 Å². The molecule has 0 radical (unpaired) electrons. The molecule has 3 heteroatoms. The van der Waals surface area contributed by atoms with Crippen LogP contribution < -0.4 is 5.32 Å². The van der Waals surface area contributed by atoms with Crippen molar-refractivity contribution in [2.75, 3.05) is 32.0 Å². The molecular weight excluding hydrogens is 210 g/mol. The minimum Gasteiger partial charge on any atom is -0.384 e. The van der Waals surface area contributed by atoms with E-state index in [-0.39, 0.29) is 0 Å². The Kier molecular flexibility index (Phi) is 3.65. The summed E-state index contributed by atoms with van der Waals surface area (Å²) in [5.41, 5.74) is 2.84. The smallest absolute Gasteiger partial charge is 0.101 e. The normalized spacial score (nSPS) is 20.2. The largest absolute Gasteiger partial charge is 0.384 e. The number of benzene rings is 1. The second kappa shape index (κ2) is 5.20. The maximum atomic E-state index is 9.08. The number of hydrogen-bond acceptors (Lipinski definition) is 3. The van der Waals surface area contributed by atoms with Gasteiger partial charge >= 0.3 is 0 Å². The average molecular weight is 229 g/mol. The highest BCUT2D eigenvalue weighted by Gasteiger charge is 2.19. The molecule has 0 amide bonds. The van der Waals surface area contributed by atoms with Gasteiger partial charge in [-0.2, -0.15) is 5.26 Å². The van der Waals surface area contributed by atoms with Gasteiger partial charge in [0, 0.05) is 13.1 Å². The molecule has 0 bridgehead atoms. The minimum atomic E-state index is 0.702. The van der Waals surface area contributed by atoms with Crippen LogP contribution in [0.5, 0.6) is 0 Å². The van der Waals surface area contributed by atoms with Crippen molar-refractivity contribution in [1.82, 2.24) is 4.90 Å². The van der Waals surface area contributed by atoms with E-state index in [1.807, 2.05) is 25.1 Å². The highest BCUT2D eigenvalue weighted by molar-refractivity contribution is 5.58. The van der Waals surface area contributed by atoms with Crippen molar-refractivity contribution in [3.8, 4) is 6.07 Å². The summed E-state index contributed by atoms with van der Waals surface area (Å²) in [6.07, 6.45) is 1.25. The second-order valence-corrected chi connectivity index (χ2v) is 4.96. The molecule has 17 heavy (non-hydrogen) atoms. The van der Waals surface area contributed by atoms with Crippen LogP contribution in [0.2, 0.25) is 0 Å². The average Bonchev–Trinajstić information content (AvgIpc) is 2.73. The first-order chi connectivity index (χ1) is 8.19. The van der Waals surface area contributed by atoms with Gasteiger partial charge in [-0.3, -0.25) is 0 Å². The zero-order chi connectivity index (χ0) is 12.3. The van der Waals surface area contributed by atoms with Crippen LogP contribution in [0.1, 0.15) is 17.5 Å². The molecule has 3 nitrogen and oxygen atoms in total. The molecule has 1 aliphatic rings. The van der Waals surface area contributed by atoms with Crippen LogP contribution in [-0.2, 0) is 0 Å². The fourth-order valence-electron chi connectivity index (χ4n) is 2.35. The van der Waals surface area contributed by atoms with Gasteiger partial charge in [-0.15, -0.1) is 0 Å². The Morgan fingerprint density at radius 3 is 3.00 bits per heavy atom. The first-order valence-electron chi connectivity index (χ1n) is 6.12. The van der Waals surface area contributed by atoms with E-state index in [1.165, 1.54) is 13.0 Å². The van der Waals surface area contributed by atoms with Crippen molar-refractivity contribution >= 4 is 5.69 Å². The fraction of sp³-hybridized carbons (Fsp3) is 0.500. The van der Waals surface area contributed by atoms with Crippen molar-refractivity contribution in [2.24, 2.45) is 5.92 Å². The van der Waals surface area contributed by atoms with E-state index in [1.54, 1.807) is 0 Å². The van der Waals surface area contributed by atoms with Gasteiger partial charge in [0.25, 0.3) is 0 Å². The lowest BCUT2D eigenvalue weighted by atomic mass is 10.1. The molecule has 1 saturated heterocycles. The molecule has 90 valence electrons. The number of nitriles is 1. The topological polar surface area (TPSA) is 39.1 Å². The van der Waals surface area contributed by atoms with E-state index in [2.05, 4.69) is 23.3 Å². The molecule has 1 N–H and O–H groups in total. The maximum Gasteiger partial charge on any atom is 0.101 e. The number of rotatable bonds is 3. The molecule has 0 aliphatic carbocycles. The van der Waals surface area contributed by atoms with Crippen LogP contribution in [-0.4, -0.2) is 31.6 Å². The van der Waals surface area contributed by atoms with Gasteiger partial charge in [0.2, 0.25) is 0 Å². The van der Waals surface area contributed by atoms with E-state index < -0.39 is 0 Å². The van der Waals surface area contributed by atoms with Crippen molar-refractivity contribution in [3.63, 3.8) is 0 Å². The Hall–Kier alpha value is -1.53. The Bertz CT molecular complexity index is 434. The van der Waals surface area contributed by atoms with Crippen LogP contribution in [0.4, 0.5) is 5.69 Å². The molecule has 1 fully saturated rings. The summed E-state index contributed by atoms with van der Waals surface area (Å²) in [4.78, 5) is 2.35. The second-order valence-electron chi connectivity index (χ2n) is 4.96. The fourth-order valence-corrected chi connectivity index (χ4v) is 2.35. The highest BCUT2D eigenvalue weighted by atomic mass is 15.1. The third-order valence-corrected chi connectivity index (χ3v) is 3.37. The first-order valence-corrected chi connectivity index (χ1v) is 6.12. The number of anilines is 1. The third-order valence-electron chi connectivity index (χ3n) is 3.37. The summed E-state index contributed by atoms with van der Waals surface area (Å²) in [5.74, 6) is 0.702. The van der Waals surface area contributed by atoms with E-state index >= 15 is 0 Å².